The van der Waals surface area contributed by atoms with E-state index in [0.717, 1.165) is 135 Å². The zero-order chi connectivity index (χ0) is 58.5. The largest absolute Gasteiger partial charge is 0.472 e. The number of carbonyl (C=O) groups is 4. The van der Waals surface area contributed by atoms with E-state index >= 15 is 0 Å². The molecule has 0 aromatic heterocycles. The van der Waals surface area contributed by atoms with Gasteiger partial charge >= 0.3 is 39.5 Å². The van der Waals surface area contributed by atoms with Gasteiger partial charge in [-0.2, -0.15) is 0 Å². The normalized spacial score (nSPS) is 14.5. The van der Waals surface area contributed by atoms with Crippen molar-refractivity contribution in [3.8, 4) is 0 Å². The van der Waals surface area contributed by atoms with E-state index in [1.165, 1.54) is 51.4 Å². The van der Waals surface area contributed by atoms with Crippen LogP contribution in [0, 0.1) is 5.92 Å². The number of rotatable bonds is 58. The van der Waals surface area contributed by atoms with Gasteiger partial charge in [0.25, 0.3) is 0 Å². The summed E-state index contributed by atoms with van der Waals surface area (Å²) in [6.45, 7) is 6.95. The van der Waals surface area contributed by atoms with Gasteiger partial charge in [-0.15, -0.1) is 0 Å². The van der Waals surface area contributed by atoms with Crippen LogP contribution in [0.4, 0.5) is 0 Å². The maximum Gasteiger partial charge on any atom is 0.472 e. The van der Waals surface area contributed by atoms with Crippen LogP contribution < -0.4 is 0 Å². The minimum absolute atomic E-state index is 0.0840. The van der Waals surface area contributed by atoms with Gasteiger partial charge in [0.2, 0.25) is 0 Å². The Balaban J connectivity index is 5.22. The number of unbranched alkanes of at least 4 members (excludes halogenated alkanes) is 27. The second kappa shape index (κ2) is 53.5. The first-order valence-corrected chi connectivity index (χ1v) is 33.9. The van der Waals surface area contributed by atoms with Gasteiger partial charge in [0, 0.05) is 25.7 Å². The number of esters is 4. The average Bonchev–Trinajstić information content (AvgIpc) is 3.41. The Labute approximate surface area is 478 Å². The Morgan fingerprint density at radius 3 is 1.04 bits per heavy atom. The molecule has 464 valence electrons. The molecule has 79 heavy (non-hydrogen) atoms. The van der Waals surface area contributed by atoms with E-state index in [1.54, 1.807) is 0 Å². The van der Waals surface area contributed by atoms with Crippen LogP contribution in [-0.2, 0) is 65.4 Å². The molecule has 19 heteroatoms. The Morgan fingerprint density at radius 2 is 0.684 bits per heavy atom. The summed E-state index contributed by atoms with van der Waals surface area (Å²) < 4.78 is 67.6. The summed E-state index contributed by atoms with van der Waals surface area (Å²) in [7, 11) is -9.88. The number of aliphatic hydroxyl groups is 1. The number of hydrogen-bond donors (Lipinski definition) is 3. The van der Waals surface area contributed by atoms with Gasteiger partial charge in [0.1, 0.15) is 19.3 Å². The Kier molecular flexibility index (Phi) is 51.9. The summed E-state index contributed by atoms with van der Waals surface area (Å²) >= 11 is 0. The highest BCUT2D eigenvalue weighted by molar-refractivity contribution is 7.47. The first-order valence-electron chi connectivity index (χ1n) is 31.0. The molecule has 0 rings (SSSR count). The van der Waals surface area contributed by atoms with Gasteiger partial charge in [-0.1, -0.05) is 219 Å². The fraction of sp³-hybridized carbons (Fsp3) is 0.867. The first kappa shape index (κ1) is 76.5. The predicted molar refractivity (Wildman–Crippen MR) is 312 cm³/mol. The molecular formula is C60H112O17P2. The Morgan fingerprint density at radius 1 is 0.392 bits per heavy atom. The van der Waals surface area contributed by atoms with Gasteiger partial charge < -0.3 is 33.8 Å². The molecule has 0 fully saturated rings. The lowest BCUT2D eigenvalue weighted by Gasteiger charge is -2.21. The van der Waals surface area contributed by atoms with Gasteiger partial charge in [-0.25, -0.2) is 9.13 Å². The number of ether oxygens (including phenoxy) is 4. The molecule has 0 bridgehead atoms. The van der Waals surface area contributed by atoms with Crippen LogP contribution in [0.5, 0.6) is 0 Å². The lowest BCUT2D eigenvalue weighted by atomic mass is 10.0. The third-order valence-electron chi connectivity index (χ3n) is 13.2. The highest BCUT2D eigenvalue weighted by Gasteiger charge is 2.30. The molecule has 0 spiro atoms. The highest BCUT2D eigenvalue weighted by atomic mass is 31.2. The van der Waals surface area contributed by atoms with Crippen molar-refractivity contribution < 1.29 is 80.2 Å². The third-order valence-corrected chi connectivity index (χ3v) is 15.1. The third kappa shape index (κ3) is 54.5. The molecule has 0 amide bonds. The van der Waals surface area contributed by atoms with Gasteiger partial charge in [0.15, 0.2) is 12.2 Å². The molecule has 0 saturated heterocycles. The van der Waals surface area contributed by atoms with Crippen molar-refractivity contribution in [3.05, 3.63) is 24.3 Å². The van der Waals surface area contributed by atoms with Crippen LogP contribution in [0.1, 0.15) is 272 Å². The van der Waals surface area contributed by atoms with Crippen LogP contribution in [-0.4, -0.2) is 96.7 Å². The number of carbonyl (C=O) groups excluding carboxylic acids is 4. The number of hydrogen-bond acceptors (Lipinski definition) is 15. The van der Waals surface area contributed by atoms with E-state index in [2.05, 4.69) is 58.9 Å². The van der Waals surface area contributed by atoms with Gasteiger partial charge in [-0.3, -0.25) is 37.3 Å². The average molecular weight is 1170 g/mol. The minimum atomic E-state index is -4.95. The first-order chi connectivity index (χ1) is 38.0. The summed E-state index contributed by atoms with van der Waals surface area (Å²) in [6.07, 6.45) is 38.8. The van der Waals surface area contributed by atoms with Crippen molar-refractivity contribution in [1.29, 1.82) is 0 Å². The van der Waals surface area contributed by atoms with E-state index < -0.39 is 97.5 Å². The number of phosphoric ester groups is 2. The Bertz CT molecular complexity index is 1640. The van der Waals surface area contributed by atoms with Crippen LogP contribution in [0.25, 0.3) is 0 Å². The quantitative estimate of drug-likeness (QED) is 0.0169. The topological polar surface area (TPSA) is 237 Å². The molecule has 0 saturated carbocycles. The van der Waals surface area contributed by atoms with Gasteiger partial charge in [0.05, 0.1) is 26.4 Å². The van der Waals surface area contributed by atoms with Crippen LogP contribution in [0.2, 0.25) is 0 Å². The second-order valence-corrected chi connectivity index (χ2v) is 24.4. The lowest BCUT2D eigenvalue weighted by Crippen LogP contribution is -2.30. The predicted octanol–water partition coefficient (Wildman–Crippen LogP) is 15.8. The van der Waals surface area contributed by atoms with Gasteiger partial charge in [-0.05, 0) is 57.3 Å². The van der Waals surface area contributed by atoms with E-state index in [1.807, 2.05) is 0 Å². The molecule has 2 unspecified atom stereocenters. The summed E-state index contributed by atoms with van der Waals surface area (Å²) in [6, 6.07) is 0. The molecule has 0 radical (unpaired) electrons. The zero-order valence-corrected chi connectivity index (χ0v) is 51.8. The van der Waals surface area contributed by atoms with Crippen LogP contribution in [0.15, 0.2) is 24.3 Å². The molecule has 0 heterocycles. The number of phosphoric acid groups is 2. The minimum Gasteiger partial charge on any atom is -0.462 e. The molecule has 0 aromatic carbocycles. The number of allylic oxidation sites excluding steroid dienone is 4. The van der Waals surface area contributed by atoms with E-state index in [4.69, 9.17) is 37.0 Å². The summed E-state index contributed by atoms with van der Waals surface area (Å²) in [5.41, 5.74) is 0. The molecule has 0 aliphatic heterocycles. The van der Waals surface area contributed by atoms with E-state index in [0.29, 0.717) is 31.6 Å². The van der Waals surface area contributed by atoms with Crippen molar-refractivity contribution in [2.45, 2.75) is 291 Å². The smallest absolute Gasteiger partial charge is 0.462 e. The molecule has 3 N–H and O–H groups in total. The van der Waals surface area contributed by atoms with Crippen LogP contribution >= 0.6 is 15.6 Å². The van der Waals surface area contributed by atoms with Crippen molar-refractivity contribution in [2.75, 3.05) is 39.6 Å². The summed E-state index contributed by atoms with van der Waals surface area (Å²) in [5.74, 6) is -1.48. The molecular weight excluding hydrogens is 1050 g/mol. The Hall–Kier alpha value is -2.46. The molecule has 0 aliphatic carbocycles. The van der Waals surface area contributed by atoms with Crippen molar-refractivity contribution >= 4 is 39.5 Å². The van der Waals surface area contributed by atoms with Crippen molar-refractivity contribution in [3.63, 3.8) is 0 Å². The summed E-state index contributed by atoms with van der Waals surface area (Å²) in [4.78, 5) is 71.7. The zero-order valence-electron chi connectivity index (χ0n) is 50.0. The van der Waals surface area contributed by atoms with Crippen LogP contribution in [0.3, 0.4) is 0 Å². The monoisotopic (exact) mass is 1170 g/mol. The lowest BCUT2D eigenvalue weighted by molar-refractivity contribution is -0.161. The second-order valence-electron chi connectivity index (χ2n) is 21.5. The summed E-state index contributed by atoms with van der Waals surface area (Å²) in [5, 5.41) is 10.5. The molecule has 5 atom stereocenters. The highest BCUT2D eigenvalue weighted by Crippen LogP contribution is 2.45. The van der Waals surface area contributed by atoms with Crippen molar-refractivity contribution in [2.24, 2.45) is 5.92 Å². The molecule has 0 aliphatic rings. The molecule has 0 aromatic rings. The standard InChI is InChI=1S/C60H112O17P2/c1-6-9-12-15-18-19-20-21-22-23-24-25-30-36-41-46-60(65)77-56(50-71-58(63)44-39-34-31-26-29-32-37-42-53(4)5)52-75-79(68,69)73-48-54(61)47-72-78(66,67)74-51-55(76-59(64)45-40-35-28-17-14-11-8-3)49-70-57(62)43-38-33-27-16-13-10-7-2/h19-22,53-56,61H,6-18,23-52H2,1-5H3,(H,66,67)(H,68,69)/b20-19-,22-21-/t54-,55+,56+/m0/s1. The van der Waals surface area contributed by atoms with E-state index in [-0.39, 0.29) is 25.7 Å². The maximum absolute atomic E-state index is 12.9. The fourth-order valence-corrected chi connectivity index (χ4v) is 9.91. The molecule has 17 nitrogen and oxygen atoms in total. The van der Waals surface area contributed by atoms with Crippen molar-refractivity contribution in [1.82, 2.24) is 0 Å². The SMILES string of the molecule is CCCCCC/C=C\C=C/CCCCCCCC(=O)O[C@H](COC(=O)CCCCCCCCCC(C)C)COP(=O)(O)OC[C@@H](O)COP(=O)(O)OC[C@@H](COC(=O)CCCCCCCCC)OC(=O)CCCCCCCCC. The van der Waals surface area contributed by atoms with E-state index in [9.17, 15) is 43.2 Å². The maximum atomic E-state index is 12.9. The fourth-order valence-electron chi connectivity index (χ4n) is 8.33. The number of aliphatic hydroxyl groups excluding tert-OH is 1.